The van der Waals surface area contributed by atoms with Crippen LogP contribution in [0, 0.1) is 6.92 Å². The fraction of sp³-hybridized carbons (Fsp3) is 0.190. The van der Waals surface area contributed by atoms with Crippen LogP contribution in [-0.4, -0.2) is 43.5 Å². The van der Waals surface area contributed by atoms with Crippen molar-refractivity contribution in [2.45, 2.75) is 6.92 Å². The van der Waals surface area contributed by atoms with Crippen LogP contribution in [0.1, 0.15) is 21.5 Å². The minimum atomic E-state index is -1.04. The Hall–Kier alpha value is -3.46. The van der Waals surface area contributed by atoms with Crippen LogP contribution in [0.25, 0.3) is 6.08 Å². The van der Waals surface area contributed by atoms with Crippen molar-refractivity contribution >= 4 is 40.6 Å². The number of amides is 1. The van der Waals surface area contributed by atoms with Crippen molar-refractivity contribution in [2.24, 2.45) is 4.99 Å². The Bertz CT molecular complexity index is 1050. The molecule has 156 valence electrons. The molecule has 0 saturated carbocycles. The average Bonchev–Trinajstić information content (AvgIpc) is 3.07. The maximum absolute atomic E-state index is 12.4. The molecule has 0 radical (unpaired) electrons. The van der Waals surface area contributed by atoms with Crippen molar-refractivity contribution in [2.75, 3.05) is 21.3 Å². The molecule has 9 heteroatoms. The minimum Gasteiger partial charge on any atom is -0.493 e. The third-order valence-electron chi connectivity index (χ3n) is 4.31. The summed E-state index contributed by atoms with van der Waals surface area (Å²) in [4.78, 5) is 28.4. The number of nitrogens with zero attached hydrogens (tertiary/aromatic N) is 1. The first-order valence-corrected chi connectivity index (χ1v) is 9.61. The van der Waals surface area contributed by atoms with Crippen LogP contribution >= 0.6 is 11.8 Å². The predicted octanol–water partition coefficient (Wildman–Crippen LogP) is 3.61. The van der Waals surface area contributed by atoms with Crippen molar-refractivity contribution in [3.05, 3.63) is 51.9 Å². The van der Waals surface area contributed by atoms with E-state index in [2.05, 4.69) is 10.3 Å². The second kappa shape index (κ2) is 8.91. The van der Waals surface area contributed by atoms with Gasteiger partial charge in [0.05, 0.1) is 37.5 Å². The minimum absolute atomic E-state index is 0.127. The van der Waals surface area contributed by atoms with Crippen LogP contribution in [0.5, 0.6) is 17.2 Å². The number of carbonyl (C=O) groups excluding carboxylic acids is 1. The number of nitrogens with one attached hydrogen (secondary N) is 1. The molecule has 1 heterocycles. The van der Waals surface area contributed by atoms with E-state index >= 15 is 0 Å². The highest BCUT2D eigenvalue weighted by atomic mass is 32.2. The molecule has 0 aromatic heterocycles. The monoisotopic (exact) mass is 428 g/mol. The average molecular weight is 428 g/mol. The van der Waals surface area contributed by atoms with Crippen molar-refractivity contribution in [3.8, 4) is 17.2 Å². The number of benzene rings is 2. The highest BCUT2D eigenvalue weighted by Crippen LogP contribution is 2.39. The number of carbonyl (C=O) groups is 2. The van der Waals surface area contributed by atoms with E-state index in [9.17, 15) is 14.7 Å². The van der Waals surface area contributed by atoms with Crippen molar-refractivity contribution < 1.29 is 28.9 Å². The Balaban J connectivity index is 1.93. The summed E-state index contributed by atoms with van der Waals surface area (Å²) in [5.41, 5.74) is 2.09. The third-order valence-corrected chi connectivity index (χ3v) is 5.22. The van der Waals surface area contributed by atoms with Gasteiger partial charge in [-0.3, -0.25) is 4.79 Å². The molecular weight excluding hydrogens is 408 g/mol. The molecule has 0 aliphatic carbocycles. The Morgan fingerprint density at radius 3 is 2.33 bits per heavy atom. The van der Waals surface area contributed by atoms with E-state index in [0.717, 1.165) is 17.3 Å². The molecule has 1 saturated heterocycles. The number of hydrogen-bond donors (Lipinski definition) is 2. The first kappa shape index (κ1) is 21.3. The molecule has 1 fully saturated rings. The summed E-state index contributed by atoms with van der Waals surface area (Å²) in [6.07, 6.45) is 1.69. The molecule has 0 bridgehead atoms. The fourth-order valence-electron chi connectivity index (χ4n) is 2.79. The van der Waals surface area contributed by atoms with Gasteiger partial charge in [-0.2, -0.15) is 0 Å². The number of rotatable bonds is 6. The van der Waals surface area contributed by atoms with Gasteiger partial charge < -0.3 is 24.6 Å². The topological polar surface area (TPSA) is 106 Å². The summed E-state index contributed by atoms with van der Waals surface area (Å²) in [7, 11) is 4.55. The zero-order valence-electron chi connectivity index (χ0n) is 16.8. The Morgan fingerprint density at radius 1 is 1.10 bits per heavy atom. The number of methoxy groups -OCH3 is 3. The van der Waals surface area contributed by atoms with Gasteiger partial charge in [-0.25, -0.2) is 9.79 Å². The van der Waals surface area contributed by atoms with Crippen LogP contribution in [0.2, 0.25) is 0 Å². The molecule has 8 nitrogen and oxygen atoms in total. The highest BCUT2D eigenvalue weighted by molar-refractivity contribution is 8.18. The molecule has 0 unspecified atom stereocenters. The van der Waals surface area contributed by atoms with Crippen LogP contribution in [0.4, 0.5) is 5.69 Å². The Kier molecular flexibility index (Phi) is 6.31. The van der Waals surface area contributed by atoms with Gasteiger partial charge in [-0.15, -0.1) is 0 Å². The van der Waals surface area contributed by atoms with E-state index in [4.69, 9.17) is 14.2 Å². The number of hydrogen-bond acceptors (Lipinski definition) is 7. The number of carboxylic acids is 1. The number of amidine groups is 1. The standard InChI is InChI=1S/C21H20N2O6S/c1-11-5-6-13(20(25)26)10-14(11)22-21-23-19(24)17(30-21)9-12-7-15(27-2)18(29-4)16(8-12)28-3/h5-10H,1-4H3,(H,25,26)(H,22,23,24). The van der Waals surface area contributed by atoms with Gasteiger partial charge in [0.25, 0.3) is 5.91 Å². The first-order chi connectivity index (χ1) is 14.4. The maximum Gasteiger partial charge on any atom is 0.335 e. The lowest BCUT2D eigenvalue weighted by Gasteiger charge is -2.12. The first-order valence-electron chi connectivity index (χ1n) is 8.79. The molecule has 2 aromatic rings. The van der Waals surface area contributed by atoms with Gasteiger partial charge in [0.1, 0.15) is 0 Å². The Morgan fingerprint density at radius 2 is 1.77 bits per heavy atom. The number of aryl methyl sites for hydroxylation is 1. The molecule has 1 aliphatic heterocycles. The smallest absolute Gasteiger partial charge is 0.335 e. The van der Waals surface area contributed by atoms with Gasteiger partial charge in [0, 0.05) is 0 Å². The van der Waals surface area contributed by atoms with Crippen LogP contribution < -0.4 is 19.5 Å². The summed E-state index contributed by atoms with van der Waals surface area (Å²) in [5, 5.41) is 12.2. The van der Waals surface area contributed by atoms with Gasteiger partial charge >= 0.3 is 5.97 Å². The molecule has 1 amide bonds. The lowest BCUT2D eigenvalue weighted by molar-refractivity contribution is -0.115. The molecule has 2 aromatic carbocycles. The lowest BCUT2D eigenvalue weighted by Crippen LogP contribution is -2.19. The summed E-state index contributed by atoms with van der Waals surface area (Å²) in [5.74, 6) is 0.0630. The van der Waals surface area contributed by atoms with Gasteiger partial charge in [-0.05, 0) is 60.2 Å². The van der Waals surface area contributed by atoms with Gasteiger partial charge in [0.2, 0.25) is 5.75 Å². The number of thioether (sulfide) groups is 1. The van der Waals surface area contributed by atoms with Crippen LogP contribution in [-0.2, 0) is 4.79 Å². The fourth-order valence-corrected chi connectivity index (χ4v) is 3.62. The molecular formula is C21H20N2O6S. The SMILES string of the molecule is COc1cc(C=C2SC(=Nc3cc(C(=O)O)ccc3C)NC2=O)cc(OC)c1OC. The molecule has 30 heavy (non-hydrogen) atoms. The van der Waals surface area contributed by atoms with Crippen molar-refractivity contribution in [1.82, 2.24) is 5.32 Å². The van der Waals surface area contributed by atoms with E-state index in [1.807, 2.05) is 6.92 Å². The summed E-state index contributed by atoms with van der Waals surface area (Å²) in [6.45, 7) is 1.82. The molecule has 0 spiro atoms. The van der Waals surface area contributed by atoms with Gasteiger partial charge in [0.15, 0.2) is 16.7 Å². The second-order valence-corrected chi connectivity index (χ2v) is 7.28. The summed E-state index contributed by atoms with van der Waals surface area (Å²) < 4.78 is 16.0. The number of aromatic carboxylic acids is 1. The van der Waals surface area contributed by atoms with Crippen molar-refractivity contribution in [1.29, 1.82) is 0 Å². The van der Waals surface area contributed by atoms with E-state index in [1.165, 1.54) is 33.5 Å². The largest absolute Gasteiger partial charge is 0.493 e. The molecule has 1 aliphatic rings. The number of carboxylic acid groups (broad SMARTS) is 1. The maximum atomic E-state index is 12.4. The zero-order valence-corrected chi connectivity index (χ0v) is 17.6. The quantitative estimate of drug-likeness (QED) is 0.677. The summed E-state index contributed by atoms with van der Waals surface area (Å²) >= 11 is 1.16. The number of aliphatic imine (C=N–C) groups is 1. The van der Waals surface area contributed by atoms with Crippen LogP contribution in [0.3, 0.4) is 0 Å². The van der Waals surface area contributed by atoms with E-state index in [0.29, 0.717) is 38.6 Å². The predicted molar refractivity (Wildman–Crippen MR) is 115 cm³/mol. The number of ether oxygens (including phenoxy) is 3. The molecule has 2 N–H and O–H groups in total. The summed E-state index contributed by atoms with van der Waals surface area (Å²) in [6, 6.07) is 8.13. The molecule has 0 atom stereocenters. The highest BCUT2D eigenvalue weighted by Gasteiger charge is 2.25. The van der Waals surface area contributed by atoms with E-state index in [-0.39, 0.29) is 11.5 Å². The second-order valence-electron chi connectivity index (χ2n) is 6.25. The van der Waals surface area contributed by atoms with Crippen LogP contribution in [0.15, 0.2) is 40.2 Å². The molecule has 3 rings (SSSR count). The van der Waals surface area contributed by atoms with Gasteiger partial charge in [-0.1, -0.05) is 6.07 Å². The third kappa shape index (κ3) is 4.41. The Labute approximate surface area is 177 Å². The zero-order chi connectivity index (χ0) is 21.8. The van der Waals surface area contributed by atoms with E-state index < -0.39 is 5.97 Å². The normalized spacial score (nSPS) is 15.9. The lowest BCUT2D eigenvalue weighted by atomic mass is 10.1. The van der Waals surface area contributed by atoms with E-state index in [1.54, 1.807) is 24.3 Å². The van der Waals surface area contributed by atoms with Crippen molar-refractivity contribution in [3.63, 3.8) is 0 Å².